The van der Waals surface area contributed by atoms with E-state index in [1.165, 1.54) is 6.33 Å². The van der Waals surface area contributed by atoms with Gasteiger partial charge in [-0.05, 0) is 13.0 Å². The van der Waals surface area contributed by atoms with Gasteiger partial charge in [0, 0.05) is 18.9 Å². The molecule has 2 aromatic rings. The highest BCUT2D eigenvalue weighted by atomic mass is 32.1. The molecule has 0 aliphatic carbocycles. The molecule has 6 heteroatoms. The first-order valence-electron chi connectivity index (χ1n) is 4.79. The van der Waals surface area contributed by atoms with Gasteiger partial charge in [0.1, 0.15) is 11.0 Å². The van der Waals surface area contributed by atoms with Crippen molar-refractivity contribution >= 4 is 12.2 Å². The van der Waals surface area contributed by atoms with Crippen LogP contribution in [0.3, 0.4) is 0 Å². The maximum atomic E-state index is 5.23. The fraction of sp³-hybridized carbons (Fsp3) is 0.300. The average molecular weight is 236 g/mol. The topological polar surface area (TPSA) is 55.7 Å². The SMILES string of the molecule is COCc1cc(=S)n(-c2cc(C)ncn2)[nH]1. The van der Waals surface area contributed by atoms with Crippen molar-refractivity contribution in [1.82, 2.24) is 19.7 Å². The number of hydrogen-bond donors (Lipinski definition) is 1. The van der Waals surface area contributed by atoms with Crippen LogP contribution in [0.15, 0.2) is 18.5 Å². The van der Waals surface area contributed by atoms with E-state index in [0.717, 1.165) is 17.2 Å². The van der Waals surface area contributed by atoms with Gasteiger partial charge in [-0.3, -0.25) is 5.10 Å². The molecule has 0 radical (unpaired) electrons. The molecule has 2 rings (SSSR count). The lowest BCUT2D eigenvalue weighted by Gasteiger charge is -2.02. The quantitative estimate of drug-likeness (QED) is 0.825. The van der Waals surface area contributed by atoms with E-state index in [0.29, 0.717) is 11.2 Å². The van der Waals surface area contributed by atoms with Gasteiger partial charge in [-0.15, -0.1) is 0 Å². The average Bonchev–Trinajstić information content (AvgIpc) is 2.60. The molecular formula is C10H12N4OS. The number of aromatic nitrogens is 4. The minimum Gasteiger partial charge on any atom is -0.378 e. The lowest BCUT2D eigenvalue weighted by Crippen LogP contribution is -2.01. The molecule has 84 valence electrons. The summed E-state index contributed by atoms with van der Waals surface area (Å²) in [5, 5.41) is 3.12. The van der Waals surface area contributed by atoms with Gasteiger partial charge in [0.2, 0.25) is 0 Å². The standard InChI is InChI=1S/C10H12N4OS/c1-7-3-9(12-6-11-7)14-10(16)4-8(13-14)5-15-2/h3-4,6,13H,5H2,1-2H3. The fourth-order valence-corrected chi connectivity index (χ4v) is 1.69. The maximum absolute atomic E-state index is 5.23. The van der Waals surface area contributed by atoms with Gasteiger partial charge in [0.15, 0.2) is 5.82 Å². The van der Waals surface area contributed by atoms with Crippen LogP contribution in [0.5, 0.6) is 0 Å². The lowest BCUT2D eigenvalue weighted by atomic mass is 10.4. The van der Waals surface area contributed by atoms with E-state index in [1.54, 1.807) is 11.8 Å². The van der Waals surface area contributed by atoms with Crippen LogP contribution >= 0.6 is 12.2 Å². The second-order valence-electron chi connectivity index (χ2n) is 3.41. The van der Waals surface area contributed by atoms with Gasteiger partial charge >= 0.3 is 0 Å². The molecule has 0 atom stereocenters. The van der Waals surface area contributed by atoms with Crippen molar-refractivity contribution in [1.29, 1.82) is 0 Å². The highest BCUT2D eigenvalue weighted by Gasteiger charge is 2.03. The summed E-state index contributed by atoms with van der Waals surface area (Å²) in [6.07, 6.45) is 1.52. The van der Waals surface area contributed by atoms with E-state index in [1.807, 2.05) is 19.1 Å². The molecule has 1 N–H and O–H groups in total. The molecule has 0 bridgehead atoms. The lowest BCUT2D eigenvalue weighted by molar-refractivity contribution is 0.181. The Kier molecular flexibility index (Phi) is 3.12. The van der Waals surface area contributed by atoms with E-state index in [4.69, 9.17) is 17.0 Å². The van der Waals surface area contributed by atoms with Crippen molar-refractivity contribution in [2.45, 2.75) is 13.5 Å². The first-order valence-corrected chi connectivity index (χ1v) is 5.20. The highest BCUT2D eigenvalue weighted by Crippen LogP contribution is 2.08. The van der Waals surface area contributed by atoms with Crippen LogP contribution in [0.25, 0.3) is 5.82 Å². The summed E-state index contributed by atoms with van der Waals surface area (Å²) in [6, 6.07) is 3.72. The third kappa shape index (κ3) is 2.17. The van der Waals surface area contributed by atoms with E-state index in [2.05, 4.69) is 15.1 Å². The number of hydrogen-bond acceptors (Lipinski definition) is 4. The summed E-state index contributed by atoms with van der Waals surface area (Å²) in [4.78, 5) is 8.20. The normalized spacial score (nSPS) is 10.6. The molecule has 2 aromatic heterocycles. The molecule has 0 amide bonds. The Labute approximate surface area is 98.1 Å². The Morgan fingerprint density at radius 3 is 2.94 bits per heavy atom. The van der Waals surface area contributed by atoms with E-state index in [-0.39, 0.29) is 0 Å². The first-order chi connectivity index (χ1) is 7.70. The summed E-state index contributed by atoms with van der Waals surface area (Å²) >= 11 is 5.23. The summed E-state index contributed by atoms with van der Waals surface area (Å²) in [5.41, 5.74) is 1.82. The summed E-state index contributed by atoms with van der Waals surface area (Å²) in [6.45, 7) is 2.41. The van der Waals surface area contributed by atoms with Crippen molar-refractivity contribution in [2.75, 3.05) is 7.11 Å². The van der Waals surface area contributed by atoms with Crippen molar-refractivity contribution in [2.24, 2.45) is 0 Å². The number of ether oxygens (including phenoxy) is 1. The van der Waals surface area contributed by atoms with Crippen LogP contribution in [0, 0.1) is 11.6 Å². The second-order valence-corrected chi connectivity index (χ2v) is 3.82. The molecule has 0 aliphatic heterocycles. The molecule has 0 fully saturated rings. The minimum atomic E-state index is 0.501. The Balaban J connectivity index is 2.44. The molecule has 0 saturated heterocycles. The van der Waals surface area contributed by atoms with Gasteiger partial charge in [0.25, 0.3) is 0 Å². The monoisotopic (exact) mass is 236 g/mol. The number of aryl methyl sites for hydroxylation is 1. The molecule has 0 aromatic carbocycles. The molecule has 16 heavy (non-hydrogen) atoms. The summed E-state index contributed by atoms with van der Waals surface area (Å²) in [5.74, 6) is 0.736. The van der Waals surface area contributed by atoms with Crippen LogP contribution in [0.4, 0.5) is 0 Å². The number of aromatic amines is 1. The number of rotatable bonds is 3. The molecule has 0 unspecified atom stereocenters. The van der Waals surface area contributed by atoms with Gasteiger partial charge in [-0.25, -0.2) is 14.6 Å². The zero-order valence-corrected chi connectivity index (χ0v) is 9.91. The largest absolute Gasteiger partial charge is 0.378 e. The molecule has 2 heterocycles. The number of methoxy groups -OCH3 is 1. The van der Waals surface area contributed by atoms with Crippen LogP contribution in [0.1, 0.15) is 11.4 Å². The van der Waals surface area contributed by atoms with Crippen molar-refractivity contribution in [3.8, 4) is 5.82 Å². The Morgan fingerprint density at radius 2 is 2.25 bits per heavy atom. The van der Waals surface area contributed by atoms with Crippen LogP contribution in [-0.2, 0) is 11.3 Å². The molecule has 0 aliphatic rings. The highest BCUT2D eigenvalue weighted by molar-refractivity contribution is 7.71. The van der Waals surface area contributed by atoms with Gasteiger partial charge < -0.3 is 4.74 Å². The third-order valence-electron chi connectivity index (χ3n) is 2.09. The Morgan fingerprint density at radius 1 is 1.44 bits per heavy atom. The fourth-order valence-electron chi connectivity index (χ4n) is 1.41. The van der Waals surface area contributed by atoms with Crippen molar-refractivity contribution in [3.05, 3.63) is 34.5 Å². The van der Waals surface area contributed by atoms with Crippen molar-refractivity contribution < 1.29 is 4.74 Å². The van der Waals surface area contributed by atoms with E-state index < -0.39 is 0 Å². The predicted octanol–water partition coefficient (Wildman–Crippen LogP) is 1.78. The van der Waals surface area contributed by atoms with Gasteiger partial charge in [-0.1, -0.05) is 12.2 Å². The molecule has 0 spiro atoms. The smallest absolute Gasteiger partial charge is 0.156 e. The zero-order valence-electron chi connectivity index (χ0n) is 9.10. The second kappa shape index (κ2) is 4.54. The minimum absolute atomic E-state index is 0.501. The molecular weight excluding hydrogens is 224 g/mol. The number of nitrogens with zero attached hydrogens (tertiary/aromatic N) is 3. The van der Waals surface area contributed by atoms with E-state index >= 15 is 0 Å². The molecule has 0 saturated carbocycles. The Hall–Kier alpha value is -1.53. The Bertz CT molecular complexity index is 546. The third-order valence-corrected chi connectivity index (χ3v) is 2.39. The summed E-state index contributed by atoms with van der Waals surface area (Å²) < 4.78 is 7.44. The van der Waals surface area contributed by atoms with E-state index in [9.17, 15) is 0 Å². The van der Waals surface area contributed by atoms with Gasteiger partial charge in [-0.2, -0.15) is 0 Å². The van der Waals surface area contributed by atoms with Crippen LogP contribution < -0.4 is 0 Å². The van der Waals surface area contributed by atoms with Crippen molar-refractivity contribution in [3.63, 3.8) is 0 Å². The first kappa shape index (κ1) is 11.0. The number of H-pyrrole nitrogens is 1. The van der Waals surface area contributed by atoms with Crippen LogP contribution in [-0.4, -0.2) is 26.9 Å². The number of nitrogens with one attached hydrogen (secondary N) is 1. The van der Waals surface area contributed by atoms with Gasteiger partial charge in [0.05, 0.1) is 12.3 Å². The van der Waals surface area contributed by atoms with Crippen LogP contribution in [0.2, 0.25) is 0 Å². The predicted molar refractivity (Wildman–Crippen MR) is 62.0 cm³/mol. The summed E-state index contributed by atoms with van der Waals surface area (Å²) in [7, 11) is 1.64. The maximum Gasteiger partial charge on any atom is 0.156 e. The molecule has 5 nitrogen and oxygen atoms in total. The zero-order chi connectivity index (χ0) is 11.5.